The summed E-state index contributed by atoms with van der Waals surface area (Å²) in [5.41, 5.74) is 1.32. The van der Waals surface area contributed by atoms with E-state index >= 15 is 0 Å². The molecule has 0 atom stereocenters. The number of rotatable bonds is 2. The molecule has 2 heterocycles. The Bertz CT molecular complexity index is 458. The van der Waals surface area contributed by atoms with Gasteiger partial charge in [-0.05, 0) is 24.3 Å². The van der Waals surface area contributed by atoms with Gasteiger partial charge in [-0.3, -0.25) is 0 Å². The molecule has 3 nitrogen and oxygen atoms in total. The SMILES string of the molecule is Clc1csc(-n2cc(C3CC3)cn2)n1. The zero-order chi connectivity index (χ0) is 9.54. The van der Waals surface area contributed by atoms with E-state index in [9.17, 15) is 0 Å². The second-order valence-electron chi connectivity index (χ2n) is 3.45. The Kier molecular flexibility index (Phi) is 1.85. The number of hydrogen-bond donors (Lipinski definition) is 0. The highest BCUT2D eigenvalue weighted by Gasteiger charge is 2.25. The maximum Gasteiger partial charge on any atom is 0.211 e. The molecule has 1 aliphatic rings. The van der Waals surface area contributed by atoms with Gasteiger partial charge in [0.2, 0.25) is 5.13 Å². The average molecular weight is 226 g/mol. The number of hydrogen-bond acceptors (Lipinski definition) is 3. The number of thiazole rings is 1. The summed E-state index contributed by atoms with van der Waals surface area (Å²) in [6.07, 6.45) is 6.56. The fraction of sp³-hybridized carbons (Fsp3) is 0.333. The highest BCUT2D eigenvalue weighted by molar-refractivity contribution is 7.12. The molecule has 0 aliphatic heterocycles. The molecular formula is C9H8ClN3S. The van der Waals surface area contributed by atoms with Crippen LogP contribution in [0.1, 0.15) is 24.3 Å². The van der Waals surface area contributed by atoms with Crippen LogP contribution in [-0.4, -0.2) is 14.8 Å². The van der Waals surface area contributed by atoms with E-state index in [-0.39, 0.29) is 0 Å². The van der Waals surface area contributed by atoms with Crippen LogP contribution in [0.25, 0.3) is 5.13 Å². The van der Waals surface area contributed by atoms with Gasteiger partial charge in [0, 0.05) is 11.6 Å². The molecule has 5 heteroatoms. The molecule has 0 unspecified atom stereocenters. The van der Waals surface area contributed by atoms with Gasteiger partial charge in [0.1, 0.15) is 5.15 Å². The van der Waals surface area contributed by atoms with Crippen LogP contribution in [0.5, 0.6) is 0 Å². The molecule has 0 spiro atoms. The van der Waals surface area contributed by atoms with Crippen molar-refractivity contribution in [2.75, 3.05) is 0 Å². The van der Waals surface area contributed by atoms with Gasteiger partial charge in [-0.25, -0.2) is 9.67 Å². The molecule has 1 fully saturated rings. The lowest BCUT2D eigenvalue weighted by Crippen LogP contribution is -1.92. The molecule has 0 radical (unpaired) electrons. The lowest BCUT2D eigenvalue weighted by atomic mass is 10.2. The number of aromatic nitrogens is 3. The zero-order valence-corrected chi connectivity index (χ0v) is 8.92. The van der Waals surface area contributed by atoms with Gasteiger partial charge in [-0.15, -0.1) is 11.3 Å². The molecule has 72 valence electrons. The maximum atomic E-state index is 5.75. The summed E-state index contributed by atoms with van der Waals surface area (Å²) < 4.78 is 1.80. The molecule has 3 rings (SSSR count). The van der Waals surface area contributed by atoms with Crippen LogP contribution >= 0.6 is 22.9 Å². The van der Waals surface area contributed by atoms with Crippen molar-refractivity contribution in [3.63, 3.8) is 0 Å². The molecule has 0 saturated heterocycles. The average Bonchev–Trinajstić information content (AvgIpc) is 2.76. The lowest BCUT2D eigenvalue weighted by Gasteiger charge is -1.91. The van der Waals surface area contributed by atoms with Crippen LogP contribution < -0.4 is 0 Å². The summed E-state index contributed by atoms with van der Waals surface area (Å²) in [7, 11) is 0. The first-order valence-corrected chi connectivity index (χ1v) is 5.74. The van der Waals surface area contributed by atoms with E-state index in [2.05, 4.69) is 10.1 Å². The van der Waals surface area contributed by atoms with Crippen LogP contribution in [0.3, 0.4) is 0 Å². The van der Waals surface area contributed by atoms with E-state index in [1.54, 1.807) is 4.68 Å². The summed E-state index contributed by atoms with van der Waals surface area (Å²) in [5.74, 6) is 0.735. The Morgan fingerprint density at radius 1 is 1.50 bits per heavy atom. The van der Waals surface area contributed by atoms with E-state index in [1.165, 1.54) is 29.7 Å². The highest BCUT2D eigenvalue weighted by atomic mass is 35.5. The smallest absolute Gasteiger partial charge is 0.211 e. The van der Waals surface area contributed by atoms with Crippen molar-refractivity contribution in [3.05, 3.63) is 28.5 Å². The van der Waals surface area contributed by atoms with Gasteiger partial charge < -0.3 is 0 Å². The molecule has 2 aromatic rings. The molecule has 0 bridgehead atoms. The second kappa shape index (κ2) is 3.07. The normalized spacial score (nSPS) is 16.1. The Balaban J connectivity index is 1.95. The first kappa shape index (κ1) is 8.44. The first-order valence-electron chi connectivity index (χ1n) is 4.49. The summed E-state index contributed by atoms with van der Waals surface area (Å²) in [5, 5.41) is 7.45. The molecule has 1 saturated carbocycles. The quantitative estimate of drug-likeness (QED) is 0.787. The van der Waals surface area contributed by atoms with E-state index in [0.717, 1.165) is 11.0 Å². The Hall–Kier alpha value is -0.870. The molecule has 1 aliphatic carbocycles. The Morgan fingerprint density at radius 2 is 2.36 bits per heavy atom. The van der Waals surface area contributed by atoms with E-state index < -0.39 is 0 Å². The Labute approximate surface area is 90.3 Å². The monoisotopic (exact) mass is 225 g/mol. The molecule has 0 aromatic carbocycles. The summed E-state index contributed by atoms with van der Waals surface area (Å²) in [4.78, 5) is 4.16. The first-order chi connectivity index (χ1) is 6.83. The van der Waals surface area contributed by atoms with Crippen molar-refractivity contribution in [3.8, 4) is 5.13 Å². The Morgan fingerprint density at radius 3 is 3.00 bits per heavy atom. The van der Waals surface area contributed by atoms with E-state index in [0.29, 0.717) is 5.15 Å². The summed E-state index contributed by atoms with van der Waals surface area (Å²) >= 11 is 7.26. The predicted molar refractivity (Wildman–Crippen MR) is 56.2 cm³/mol. The lowest BCUT2D eigenvalue weighted by molar-refractivity contribution is 0.869. The van der Waals surface area contributed by atoms with Gasteiger partial charge >= 0.3 is 0 Å². The van der Waals surface area contributed by atoms with Crippen molar-refractivity contribution in [2.24, 2.45) is 0 Å². The van der Waals surface area contributed by atoms with Crippen LogP contribution in [-0.2, 0) is 0 Å². The largest absolute Gasteiger partial charge is 0.213 e. The predicted octanol–water partition coefficient (Wildman–Crippen LogP) is 2.86. The van der Waals surface area contributed by atoms with Crippen molar-refractivity contribution in [1.29, 1.82) is 0 Å². The molecular weight excluding hydrogens is 218 g/mol. The minimum atomic E-state index is 0.536. The van der Waals surface area contributed by atoms with Gasteiger partial charge in [-0.2, -0.15) is 5.10 Å². The summed E-state index contributed by atoms with van der Waals surface area (Å²) in [6, 6.07) is 0. The fourth-order valence-electron chi connectivity index (χ4n) is 1.42. The van der Waals surface area contributed by atoms with Gasteiger partial charge in [0.25, 0.3) is 0 Å². The van der Waals surface area contributed by atoms with Gasteiger partial charge in [0.05, 0.1) is 6.20 Å². The van der Waals surface area contributed by atoms with E-state index in [1.807, 2.05) is 17.8 Å². The second-order valence-corrected chi connectivity index (χ2v) is 4.67. The molecule has 0 amide bonds. The minimum Gasteiger partial charge on any atom is -0.213 e. The van der Waals surface area contributed by atoms with Crippen LogP contribution in [0.4, 0.5) is 0 Å². The molecule has 14 heavy (non-hydrogen) atoms. The van der Waals surface area contributed by atoms with Crippen LogP contribution in [0, 0.1) is 0 Å². The standard InChI is InChI=1S/C9H8ClN3S/c10-8-5-14-9(12-8)13-4-7(3-11-13)6-1-2-6/h3-6H,1-2H2. The van der Waals surface area contributed by atoms with Crippen LogP contribution in [0.2, 0.25) is 5.15 Å². The third kappa shape index (κ3) is 1.44. The van der Waals surface area contributed by atoms with E-state index in [4.69, 9.17) is 11.6 Å². The topological polar surface area (TPSA) is 30.7 Å². The number of halogens is 1. The van der Waals surface area contributed by atoms with Gasteiger partial charge in [0.15, 0.2) is 0 Å². The van der Waals surface area contributed by atoms with Gasteiger partial charge in [-0.1, -0.05) is 11.6 Å². The highest BCUT2D eigenvalue weighted by Crippen LogP contribution is 2.39. The third-order valence-electron chi connectivity index (χ3n) is 2.31. The fourth-order valence-corrected chi connectivity index (χ4v) is 2.30. The van der Waals surface area contributed by atoms with Crippen molar-refractivity contribution in [2.45, 2.75) is 18.8 Å². The number of nitrogens with zero attached hydrogens (tertiary/aromatic N) is 3. The van der Waals surface area contributed by atoms with Crippen molar-refractivity contribution >= 4 is 22.9 Å². The molecule has 2 aromatic heterocycles. The summed E-state index contributed by atoms with van der Waals surface area (Å²) in [6.45, 7) is 0. The van der Waals surface area contributed by atoms with Crippen molar-refractivity contribution in [1.82, 2.24) is 14.8 Å². The van der Waals surface area contributed by atoms with Crippen LogP contribution in [0.15, 0.2) is 17.8 Å². The third-order valence-corrected chi connectivity index (χ3v) is 3.46. The maximum absolute atomic E-state index is 5.75. The zero-order valence-electron chi connectivity index (χ0n) is 7.35. The minimum absolute atomic E-state index is 0.536. The van der Waals surface area contributed by atoms with Crippen molar-refractivity contribution < 1.29 is 0 Å². The molecule has 0 N–H and O–H groups in total.